The van der Waals surface area contributed by atoms with Crippen LogP contribution in [-0.2, 0) is 14.3 Å². The molecule has 1 aliphatic heterocycles. The fourth-order valence-corrected chi connectivity index (χ4v) is 1.64. The highest BCUT2D eigenvalue weighted by atomic mass is 16.7. The lowest BCUT2D eigenvalue weighted by Gasteiger charge is -2.41. The van der Waals surface area contributed by atoms with E-state index < -0.39 is 30.6 Å². The number of aliphatic hydroxyl groups is 2. The first-order valence-corrected chi connectivity index (χ1v) is 4.79. The van der Waals surface area contributed by atoms with Crippen LogP contribution in [0.2, 0.25) is 0 Å². The third-order valence-corrected chi connectivity index (χ3v) is 2.45. The number of hydrogen-bond acceptors (Lipinski definition) is 5. The van der Waals surface area contributed by atoms with Gasteiger partial charge in [0.05, 0.1) is 12.1 Å². The molecular formula is C9H17NO5. The Balaban J connectivity index is 2.74. The second-order valence-corrected chi connectivity index (χ2v) is 3.65. The van der Waals surface area contributed by atoms with Crippen LogP contribution < -0.4 is 5.32 Å². The van der Waals surface area contributed by atoms with Crippen molar-refractivity contribution in [2.45, 2.75) is 44.5 Å². The summed E-state index contributed by atoms with van der Waals surface area (Å²) in [6, 6.07) is -0.767. The van der Waals surface area contributed by atoms with Gasteiger partial charge in [-0.2, -0.15) is 0 Å². The lowest BCUT2D eigenvalue weighted by Crippen LogP contribution is -2.63. The van der Waals surface area contributed by atoms with Gasteiger partial charge < -0.3 is 25.0 Å². The molecule has 0 unspecified atom stereocenters. The molecule has 0 bridgehead atoms. The third-order valence-electron chi connectivity index (χ3n) is 2.45. The average molecular weight is 219 g/mol. The summed E-state index contributed by atoms with van der Waals surface area (Å²) in [5.74, 6) is -0.318. The molecule has 0 aromatic heterocycles. The van der Waals surface area contributed by atoms with Crippen molar-refractivity contribution >= 4 is 5.91 Å². The zero-order valence-electron chi connectivity index (χ0n) is 9.01. The standard InChI is InChI=1S/C9H17NO5/c1-4-7(12)6(10-5(2)11)8(13)9(14-3)15-4/h4,6-9,12-13H,1-3H3,(H,10,11)/t4-,6-,7+,8+,9+/m1/s1. The van der Waals surface area contributed by atoms with Crippen LogP contribution in [0.25, 0.3) is 0 Å². The van der Waals surface area contributed by atoms with E-state index in [-0.39, 0.29) is 5.91 Å². The van der Waals surface area contributed by atoms with Crippen LogP contribution in [0.3, 0.4) is 0 Å². The van der Waals surface area contributed by atoms with E-state index in [0.29, 0.717) is 0 Å². The van der Waals surface area contributed by atoms with Gasteiger partial charge in [0.1, 0.15) is 12.2 Å². The van der Waals surface area contributed by atoms with E-state index in [1.807, 2.05) is 0 Å². The first kappa shape index (κ1) is 12.4. The van der Waals surface area contributed by atoms with Gasteiger partial charge in [-0.1, -0.05) is 0 Å². The van der Waals surface area contributed by atoms with E-state index in [1.165, 1.54) is 14.0 Å². The maximum absolute atomic E-state index is 10.9. The Kier molecular flexibility index (Phi) is 4.04. The highest BCUT2D eigenvalue weighted by Crippen LogP contribution is 2.21. The summed E-state index contributed by atoms with van der Waals surface area (Å²) in [5.41, 5.74) is 0. The van der Waals surface area contributed by atoms with Crippen LogP contribution >= 0.6 is 0 Å². The van der Waals surface area contributed by atoms with Gasteiger partial charge in [-0.05, 0) is 6.92 Å². The summed E-state index contributed by atoms with van der Waals surface area (Å²) in [5, 5.41) is 21.9. The van der Waals surface area contributed by atoms with Crippen molar-refractivity contribution in [2.24, 2.45) is 0 Å². The highest BCUT2D eigenvalue weighted by Gasteiger charge is 2.43. The average Bonchev–Trinajstić information content (AvgIpc) is 2.18. The summed E-state index contributed by atoms with van der Waals surface area (Å²) in [4.78, 5) is 10.9. The normalized spacial score (nSPS) is 41.3. The van der Waals surface area contributed by atoms with E-state index in [4.69, 9.17) is 9.47 Å². The number of hydrogen-bond donors (Lipinski definition) is 3. The van der Waals surface area contributed by atoms with Gasteiger partial charge in [-0.25, -0.2) is 0 Å². The maximum Gasteiger partial charge on any atom is 0.217 e. The van der Waals surface area contributed by atoms with Crippen LogP contribution in [0, 0.1) is 0 Å². The Hall–Kier alpha value is -0.690. The van der Waals surface area contributed by atoms with Crippen molar-refractivity contribution in [3.8, 4) is 0 Å². The largest absolute Gasteiger partial charge is 0.388 e. The molecule has 0 aliphatic carbocycles. The molecule has 15 heavy (non-hydrogen) atoms. The summed E-state index contributed by atoms with van der Waals surface area (Å²) in [6.07, 6.45) is -3.36. The van der Waals surface area contributed by atoms with E-state index in [2.05, 4.69) is 5.32 Å². The molecule has 6 nitrogen and oxygen atoms in total. The molecule has 5 atom stereocenters. The number of methoxy groups -OCH3 is 1. The second-order valence-electron chi connectivity index (χ2n) is 3.65. The zero-order valence-corrected chi connectivity index (χ0v) is 9.01. The van der Waals surface area contributed by atoms with E-state index in [1.54, 1.807) is 6.92 Å². The number of amides is 1. The quantitative estimate of drug-likeness (QED) is 0.532. The Morgan fingerprint density at radius 3 is 2.47 bits per heavy atom. The molecule has 1 rings (SSSR count). The van der Waals surface area contributed by atoms with Crippen molar-refractivity contribution in [3.05, 3.63) is 0 Å². The van der Waals surface area contributed by atoms with Gasteiger partial charge in [-0.15, -0.1) is 0 Å². The maximum atomic E-state index is 10.9. The molecule has 1 amide bonds. The summed E-state index contributed by atoms with van der Waals surface area (Å²) in [6.45, 7) is 2.97. The molecule has 0 saturated carbocycles. The van der Waals surface area contributed by atoms with Gasteiger partial charge in [0.15, 0.2) is 6.29 Å². The zero-order chi connectivity index (χ0) is 11.6. The number of carbonyl (C=O) groups is 1. The molecule has 1 saturated heterocycles. The van der Waals surface area contributed by atoms with Crippen molar-refractivity contribution in [2.75, 3.05) is 7.11 Å². The fourth-order valence-electron chi connectivity index (χ4n) is 1.64. The molecule has 0 radical (unpaired) electrons. The van der Waals surface area contributed by atoms with E-state index in [0.717, 1.165) is 0 Å². The minimum absolute atomic E-state index is 0.318. The minimum atomic E-state index is -1.08. The predicted octanol–water partition coefficient (Wildman–Crippen LogP) is -1.40. The van der Waals surface area contributed by atoms with Crippen LogP contribution in [0.4, 0.5) is 0 Å². The predicted molar refractivity (Wildman–Crippen MR) is 51.0 cm³/mol. The Bertz CT molecular complexity index is 235. The first-order chi connectivity index (χ1) is 6.97. The minimum Gasteiger partial charge on any atom is -0.388 e. The molecule has 0 aromatic rings. The molecule has 0 aromatic carbocycles. The van der Waals surface area contributed by atoms with Gasteiger partial charge in [-0.3, -0.25) is 4.79 Å². The number of nitrogens with one attached hydrogen (secondary N) is 1. The summed E-state index contributed by atoms with van der Waals surface area (Å²) < 4.78 is 10.1. The summed E-state index contributed by atoms with van der Waals surface area (Å²) >= 11 is 0. The molecule has 1 heterocycles. The van der Waals surface area contributed by atoms with Crippen molar-refractivity contribution < 1.29 is 24.5 Å². The van der Waals surface area contributed by atoms with Gasteiger partial charge in [0.25, 0.3) is 0 Å². The Morgan fingerprint density at radius 1 is 1.40 bits per heavy atom. The lowest BCUT2D eigenvalue weighted by atomic mass is 9.97. The first-order valence-electron chi connectivity index (χ1n) is 4.79. The van der Waals surface area contributed by atoms with Gasteiger partial charge >= 0.3 is 0 Å². The third kappa shape index (κ3) is 2.66. The van der Waals surface area contributed by atoms with Crippen LogP contribution in [0.15, 0.2) is 0 Å². The van der Waals surface area contributed by atoms with Gasteiger partial charge in [0.2, 0.25) is 5.91 Å². The Labute approximate surface area is 88.2 Å². The fraction of sp³-hybridized carbons (Fsp3) is 0.889. The van der Waals surface area contributed by atoms with Crippen LogP contribution in [-0.4, -0.2) is 53.9 Å². The van der Waals surface area contributed by atoms with Crippen LogP contribution in [0.5, 0.6) is 0 Å². The van der Waals surface area contributed by atoms with Crippen LogP contribution in [0.1, 0.15) is 13.8 Å². The number of aliphatic hydroxyl groups excluding tert-OH is 2. The van der Waals surface area contributed by atoms with E-state index in [9.17, 15) is 15.0 Å². The topological polar surface area (TPSA) is 88.0 Å². The number of rotatable bonds is 2. The number of ether oxygens (including phenoxy) is 2. The second kappa shape index (κ2) is 4.89. The van der Waals surface area contributed by atoms with Crippen molar-refractivity contribution in [3.63, 3.8) is 0 Å². The highest BCUT2D eigenvalue weighted by molar-refractivity contribution is 5.73. The molecule has 3 N–H and O–H groups in total. The molecule has 88 valence electrons. The number of carbonyl (C=O) groups excluding carboxylic acids is 1. The van der Waals surface area contributed by atoms with E-state index >= 15 is 0 Å². The molecule has 1 aliphatic rings. The van der Waals surface area contributed by atoms with Gasteiger partial charge in [0, 0.05) is 14.0 Å². The molecule has 0 spiro atoms. The SMILES string of the molecule is CO[C@H]1O[C@H](C)[C@H](O)[C@@H](NC(C)=O)[C@@H]1O. The lowest BCUT2D eigenvalue weighted by molar-refractivity contribution is -0.261. The molecule has 6 heteroatoms. The summed E-state index contributed by atoms with van der Waals surface area (Å²) in [7, 11) is 1.39. The van der Waals surface area contributed by atoms with Crippen molar-refractivity contribution in [1.82, 2.24) is 5.32 Å². The smallest absolute Gasteiger partial charge is 0.217 e. The monoisotopic (exact) mass is 219 g/mol. The van der Waals surface area contributed by atoms with Crippen molar-refractivity contribution in [1.29, 1.82) is 0 Å². The molecule has 1 fully saturated rings. The molecular weight excluding hydrogens is 202 g/mol. The Morgan fingerprint density at radius 2 is 2.00 bits per heavy atom.